The fraction of sp³-hybridized carbons (Fsp3) is 0.625. The molecule has 3 nitrogen and oxygen atoms in total. The summed E-state index contributed by atoms with van der Waals surface area (Å²) in [4.78, 5) is 0.238. The average molecular weight is 373 g/mol. The van der Waals surface area contributed by atoms with E-state index < -0.39 is 10.1 Å². The summed E-state index contributed by atoms with van der Waals surface area (Å²) in [7, 11) is -3.66. The molecule has 0 N–H and O–H groups in total. The second-order valence-electron chi connectivity index (χ2n) is 6.51. The van der Waals surface area contributed by atoms with Crippen LogP contribution in [0.5, 0.6) is 0 Å². The highest BCUT2D eigenvalue weighted by molar-refractivity contribution is 9.10. The van der Waals surface area contributed by atoms with Crippen LogP contribution in [0.3, 0.4) is 0 Å². The molecule has 116 valence electrons. The van der Waals surface area contributed by atoms with Gasteiger partial charge in [-0.05, 0) is 43.7 Å². The summed E-state index contributed by atoms with van der Waals surface area (Å²) in [6.45, 7) is 2.17. The minimum Gasteiger partial charge on any atom is -0.265 e. The van der Waals surface area contributed by atoms with Gasteiger partial charge in [0.25, 0.3) is 10.1 Å². The number of aryl methyl sites for hydroxylation is 1. The first kappa shape index (κ1) is 15.5. The Hall–Kier alpha value is -0.390. The third kappa shape index (κ3) is 2.92. The summed E-state index contributed by atoms with van der Waals surface area (Å²) < 4.78 is 29.7. The maximum Gasteiger partial charge on any atom is 0.297 e. The van der Waals surface area contributed by atoms with Gasteiger partial charge in [-0.25, -0.2) is 0 Å². The van der Waals surface area contributed by atoms with Crippen molar-refractivity contribution in [3.63, 3.8) is 0 Å². The van der Waals surface area contributed by atoms with Crippen molar-refractivity contribution in [3.05, 3.63) is 29.8 Å². The molecule has 3 rings (SSSR count). The summed E-state index contributed by atoms with van der Waals surface area (Å²) >= 11 is 3.76. The number of alkyl halides is 1. The van der Waals surface area contributed by atoms with Gasteiger partial charge in [-0.1, -0.05) is 52.9 Å². The lowest BCUT2D eigenvalue weighted by Gasteiger charge is -2.25. The van der Waals surface area contributed by atoms with E-state index in [1.165, 1.54) is 32.1 Å². The predicted molar refractivity (Wildman–Crippen MR) is 86.1 cm³/mol. The minimum atomic E-state index is -3.66. The summed E-state index contributed by atoms with van der Waals surface area (Å²) in [6.07, 6.45) is 7.20. The molecular formula is C16H21BrO3S. The van der Waals surface area contributed by atoms with E-state index in [-0.39, 0.29) is 21.2 Å². The molecule has 0 heterocycles. The van der Waals surface area contributed by atoms with Gasteiger partial charge in [-0.2, -0.15) is 8.42 Å². The van der Waals surface area contributed by atoms with Crippen molar-refractivity contribution in [1.29, 1.82) is 0 Å². The van der Waals surface area contributed by atoms with Crippen molar-refractivity contribution >= 4 is 26.0 Å². The highest BCUT2D eigenvalue weighted by Gasteiger charge is 2.65. The van der Waals surface area contributed by atoms with E-state index in [0.717, 1.165) is 12.0 Å². The van der Waals surface area contributed by atoms with Crippen molar-refractivity contribution in [2.24, 2.45) is 5.41 Å². The highest BCUT2D eigenvalue weighted by Crippen LogP contribution is 2.69. The molecule has 2 aliphatic carbocycles. The van der Waals surface area contributed by atoms with Crippen LogP contribution in [0, 0.1) is 12.3 Å². The van der Waals surface area contributed by atoms with Gasteiger partial charge in [-0.15, -0.1) is 0 Å². The molecule has 2 fully saturated rings. The van der Waals surface area contributed by atoms with Crippen LogP contribution in [0.15, 0.2) is 29.2 Å². The van der Waals surface area contributed by atoms with E-state index in [1.54, 1.807) is 24.3 Å². The van der Waals surface area contributed by atoms with E-state index in [4.69, 9.17) is 4.18 Å². The molecule has 5 heteroatoms. The second-order valence-corrected chi connectivity index (χ2v) is 9.65. The van der Waals surface area contributed by atoms with Crippen LogP contribution < -0.4 is 0 Å². The molecule has 21 heavy (non-hydrogen) atoms. The van der Waals surface area contributed by atoms with Crippen molar-refractivity contribution in [2.75, 3.05) is 6.61 Å². The molecule has 0 unspecified atom stereocenters. The SMILES string of the molecule is Cc1ccc(S(=O)(=O)OC[C@@]2(Br)CC23CCCCC3)cc1. The van der Waals surface area contributed by atoms with E-state index in [1.807, 2.05) is 6.92 Å². The molecule has 2 saturated carbocycles. The summed E-state index contributed by atoms with van der Waals surface area (Å²) in [6, 6.07) is 6.80. The Morgan fingerprint density at radius 2 is 1.76 bits per heavy atom. The summed E-state index contributed by atoms with van der Waals surface area (Å²) in [5, 5.41) is 0. The molecule has 2 aliphatic rings. The Morgan fingerprint density at radius 3 is 2.38 bits per heavy atom. The van der Waals surface area contributed by atoms with Crippen LogP contribution in [0.4, 0.5) is 0 Å². The number of rotatable bonds is 4. The van der Waals surface area contributed by atoms with Crippen molar-refractivity contribution in [1.82, 2.24) is 0 Å². The standard InChI is InChI=1S/C16H21BrO3S/c1-13-5-7-14(8-6-13)21(18,19)20-12-16(17)11-15(16)9-3-2-4-10-15/h5-8H,2-4,9-12H2,1H3/t16-/m0/s1. The quantitative estimate of drug-likeness (QED) is 0.587. The smallest absolute Gasteiger partial charge is 0.265 e. The van der Waals surface area contributed by atoms with Crippen molar-refractivity contribution in [3.8, 4) is 0 Å². The van der Waals surface area contributed by atoms with Gasteiger partial charge < -0.3 is 0 Å². The fourth-order valence-electron chi connectivity index (χ4n) is 3.49. The average Bonchev–Trinajstić information content (AvgIpc) is 3.02. The molecular weight excluding hydrogens is 352 g/mol. The second kappa shape index (κ2) is 5.36. The molecule has 0 saturated heterocycles. The molecule has 0 radical (unpaired) electrons. The Kier molecular flexibility index (Phi) is 3.95. The van der Waals surface area contributed by atoms with E-state index in [2.05, 4.69) is 15.9 Å². The molecule has 1 spiro atoms. The molecule has 0 aliphatic heterocycles. The predicted octanol–water partition coefficient (Wildman–Crippen LogP) is 4.19. The number of halogens is 1. The van der Waals surface area contributed by atoms with Gasteiger partial charge in [0.1, 0.15) is 0 Å². The minimum absolute atomic E-state index is 0.141. The highest BCUT2D eigenvalue weighted by atomic mass is 79.9. The van der Waals surface area contributed by atoms with Crippen LogP contribution >= 0.6 is 15.9 Å². The lowest BCUT2D eigenvalue weighted by Crippen LogP contribution is -2.24. The molecule has 1 atom stereocenters. The summed E-state index contributed by atoms with van der Waals surface area (Å²) in [5.74, 6) is 0. The molecule has 0 bridgehead atoms. The first-order valence-corrected chi connectivity index (χ1v) is 9.72. The Balaban J connectivity index is 1.66. The number of benzene rings is 1. The van der Waals surface area contributed by atoms with E-state index >= 15 is 0 Å². The monoisotopic (exact) mass is 372 g/mol. The molecule has 0 amide bonds. The zero-order valence-electron chi connectivity index (χ0n) is 12.3. The Bertz CT molecular complexity index is 617. The third-order valence-electron chi connectivity index (χ3n) is 5.01. The Morgan fingerprint density at radius 1 is 1.14 bits per heavy atom. The first-order valence-electron chi connectivity index (χ1n) is 7.52. The normalized spacial score (nSPS) is 27.7. The Labute approximate surface area is 135 Å². The van der Waals surface area contributed by atoms with Crippen LogP contribution in [-0.4, -0.2) is 19.3 Å². The summed E-state index contributed by atoms with van der Waals surface area (Å²) in [5.41, 5.74) is 1.31. The molecule has 1 aromatic carbocycles. The number of hydrogen-bond acceptors (Lipinski definition) is 3. The lowest BCUT2D eigenvalue weighted by molar-refractivity contribution is 0.258. The fourth-order valence-corrected chi connectivity index (χ4v) is 5.65. The van der Waals surface area contributed by atoms with Crippen LogP contribution in [0.25, 0.3) is 0 Å². The maximum absolute atomic E-state index is 12.2. The van der Waals surface area contributed by atoms with Crippen LogP contribution in [0.1, 0.15) is 44.1 Å². The van der Waals surface area contributed by atoms with Crippen LogP contribution in [-0.2, 0) is 14.3 Å². The maximum atomic E-state index is 12.2. The number of hydrogen-bond donors (Lipinski definition) is 0. The zero-order valence-corrected chi connectivity index (χ0v) is 14.7. The molecule has 1 aromatic rings. The lowest BCUT2D eigenvalue weighted by atomic mass is 9.84. The third-order valence-corrected chi connectivity index (χ3v) is 7.64. The van der Waals surface area contributed by atoms with Gasteiger partial charge in [0.15, 0.2) is 0 Å². The van der Waals surface area contributed by atoms with E-state index in [0.29, 0.717) is 0 Å². The van der Waals surface area contributed by atoms with Crippen molar-refractivity contribution < 1.29 is 12.6 Å². The largest absolute Gasteiger partial charge is 0.297 e. The topological polar surface area (TPSA) is 43.4 Å². The van der Waals surface area contributed by atoms with Gasteiger partial charge in [0.05, 0.1) is 15.8 Å². The van der Waals surface area contributed by atoms with Gasteiger partial charge in [0.2, 0.25) is 0 Å². The van der Waals surface area contributed by atoms with Crippen molar-refractivity contribution in [2.45, 2.75) is 54.7 Å². The van der Waals surface area contributed by atoms with E-state index in [9.17, 15) is 8.42 Å². The van der Waals surface area contributed by atoms with Crippen LogP contribution in [0.2, 0.25) is 0 Å². The van der Waals surface area contributed by atoms with Gasteiger partial charge >= 0.3 is 0 Å². The first-order chi connectivity index (χ1) is 9.87. The zero-order chi connectivity index (χ0) is 15.1. The van der Waals surface area contributed by atoms with Gasteiger partial charge in [-0.3, -0.25) is 4.18 Å². The van der Waals surface area contributed by atoms with Gasteiger partial charge in [0, 0.05) is 0 Å². The molecule has 0 aromatic heterocycles.